The van der Waals surface area contributed by atoms with Crippen LogP contribution in [0.1, 0.15) is 31.2 Å². The molecule has 0 spiro atoms. The second-order valence-corrected chi connectivity index (χ2v) is 7.28. The zero-order valence-electron chi connectivity index (χ0n) is 15.4. The van der Waals surface area contributed by atoms with Crippen molar-refractivity contribution in [3.63, 3.8) is 0 Å². The number of carboxylic acid groups (broad SMARTS) is 2. The summed E-state index contributed by atoms with van der Waals surface area (Å²) in [6.07, 6.45) is 5.89. The Bertz CT molecular complexity index is 788. The van der Waals surface area contributed by atoms with E-state index in [0.29, 0.717) is 19.4 Å². The van der Waals surface area contributed by atoms with Crippen molar-refractivity contribution in [1.29, 1.82) is 0 Å². The van der Waals surface area contributed by atoms with Crippen LogP contribution >= 0.6 is 0 Å². The fraction of sp³-hybridized carbons (Fsp3) is 0.500. The van der Waals surface area contributed by atoms with E-state index in [4.69, 9.17) is 5.11 Å². The number of nitrogens with zero attached hydrogens (tertiary/aromatic N) is 1. The van der Waals surface area contributed by atoms with E-state index < -0.39 is 18.0 Å². The molecule has 0 aliphatic carbocycles. The summed E-state index contributed by atoms with van der Waals surface area (Å²) in [4.78, 5) is 27.9. The van der Waals surface area contributed by atoms with Gasteiger partial charge in [0.05, 0.1) is 6.54 Å². The monoisotopic (exact) mass is 373 g/mol. The molecule has 7 heteroatoms. The Balaban J connectivity index is 1.61. The minimum atomic E-state index is -0.858. The Labute approximate surface area is 158 Å². The first-order valence-electron chi connectivity index (χ1n) is 9.51. The lowest BCUT2D eigenvalue weighted by molar-refractivity contribution is -0.141. The average Bonchev–Trinajstić information content (AvgIpc) is 2.91. The van der Waals surface area contributed by atoms with E-state index in [0.717, 1.165) is 42.3 Å². The maximum Gasteiger partial charge on any atom is 0.320 e. The number of likely N-dealkylation sites (tertiary alicyclic amines) is 1. The lowest BCUT2D eigenvalue weighted by atomic mass is 10.0. The quantitative estimate of drug-likeness (QED) is 0.565. The van der Waals surface area contributed by atoms with Crippen LogP contribution in [0, 0.1) is 0 Å². The summed E-state index contributed by atoms with van der Waals surface area (Å²) in [6.45, 7) is 1.33. The number of benzene rings is 1. The summed E-state index contributed by atoms with van der Waals surface area (Å²) in [5.41, 5.74) is 2.17. The maximum atomic E-state index is 11.8. The number of aromatic nitrogens is 1. The summed E-state index contributed by atoms with van der Waals surface area (Å²) in [7, 11) is 0. The summed E-state index contributed by atoms with van der Waals surface area (Å²) in [5, 5.41) is 23.1. The second-order valence-electron chi connectivity index (χ2n) is 7.28. The van der Waals surface area contributed by atoms with Gasteiger partial charge in [-0.05, 0) is 43.9 Å². The van der Waals surface area contributed by atoms with Crippen LogP contribution in [-0.4, -0.2) is 63.8 Å². The highest BCUT2D eigenvalue weighted by Gasteiger charge is 2.25. The van der Waals surface area contributed by atoms with Crippen molar-refractivity contribution in [3.8, 4) is 0 Å². The normalized spacial score (nSPS) is 19.6. The van der Waals surface area contributed by atoms with E-state index in [1.165, 1.54) is 0 Å². The molecular weight excluding hydrogens is 346 g/mol. The van der Waals surface area contributed by atoms with E-state index in [1.54, 1.807) is 0 Å². The van der Waals surface area contributed by atoms with Gasteiger partial charge in [0.15, 0.2) is 0 Å². The van der Waals surface area contributed by atoms with Gasteiger partial charge in [-0.2, -0.15) is 0 Å². The molecule has 1 aliphatic heterocycles. The molecule has 1 aliphatic rings. The summed E-state index contributed by atoms with van der Waals surface area (Å²) >= 11 is 0. The van der Waals surface area contributed by atoms with Crippen molar-refractivity contribution >= 4 is 22.8 Å². The first-order chi connectivity index (χ1) is 13.0. The highest BCUT2D eigenvalue weighted by atomic mass is 16.4. The van der Waals surface area contributed by atoms with E-state index in [1.807, 2.05) is 35.4 Å². The van der Waals surface area contributed by atoms with Crippen LogP contribution < -0.4 is 5.32 Å². The van der Waals surface area contributed by atoms with Gasteiger partial charge in [-0.3, -0.25) is 14.5 Å². The molecule has 1 saturated heterocycles. The van der Waals surface area contributed by atoms with Gasteiger partial charge in [0.25, 0.3) is 0 Å². The van der Waals surface area contributed by atoms with Crippen LogP contribution in [0.3, 0.4) is 0 Å². The summed E-state index contributed by atoms with van der Waals surface area (Å²) in [6, 6.07) is 7.35. The number of rotatable bonds is 8. The number of hydrogen-bond acceptors (Lipinski definition) is 4. The highest BCUT2D eigenvalue weighted by Crippen LogP contribution is 2.20. The molecule has 7 nitrogen and oxygen atoms in total. The SMILES string of the molecule is O=C(O)CN1CCCC[C@H](NC(CCc2c[nH]c3ccccc23)C(=O)O)C1. The molecule has 4 N–H and O–H groups in total. The van der Waals surface area contributed by atoms with Crippen LogP contribution in [0.5, 0.6) is 0 Å². The van der Waals surface area contributed by atoms with Gasteiger partial charge in [-0.15, -0.1) is 0 Å². The molecular formula is C20H27N3O4. The molecule has 1 unspecified atom stereocenters. The second kappa shape index (κ2) is 9.01. The molecule has 2 heterocycles. The van der Waals surface area contributed by atoms with E-state index in [9.17, 15) is 14.7 Å². The summed E-state index contributed by atoms with van der Waals surface area (Å²) < 4.78 is 0. The van der Waals surface area contributed by atoms with Gasteiger partial charge in [0, 0.05) is 29.7 Å². The van der Waals surface area contributed by atoms with Crippen molar-refractivity contribution in [2.24, 2.45) is 0 Å². The lowest BCUT2D eigenvalue weighted by Gasteiger charge is -2.26. The molecule has 2 aromatic rings. The largest absolute Gasteiger partial charge is 0.480 e. The number of para-hydroxylation sites is 1. The Morgan fingerprint density at radius 3 is 2.85 bits per heavy atom. The van der Waals surface area contributed by atoms with Crippen molar-refractivity contribution in [1.82, 2.24) is 15.2 Å². The van der Waals surface area contributed by atoms with Crippen molar-refractivity contribution in [2.75, 3.05) is 19.6 Å². The minimum Gasteiger partial charge on any atom is -0.480 e. The number of carboxylic acids is 2. The maximum absolute atomic E-state index is 11.8. The van der Waals surface area contributed by atoms with Gasteiger partial charge in [0.2, 0.25) is 0 Å². The molecule has 1 fully saturated rings. The first-order valence-corrected chi connectivity index (χ1v) is 9.51. The molecule has 2 atom stereocenters. The van der Waals surface area contributed by atoms with Crippen molar-refractivity contribution in [3.05, 3.63) is 36.0 Å². The molecule has 27 heavy (non-hydrogen) atoms. The number of fused-ring (bicyclic) bond motifs is 1. The third-order valence-electron chi connectivity index (χ3n) is 5.23. The van der Waals surface area contributed by atoms with Crippen LogP contribution in [-0.2, 0) is 16.0 Å². The van der Waals surface area contributed by atoms with E-state index >= 15 is 0 Å². The van der Waals surface area contributed by atoms with E-state index in [2.05, 4.69) is 10.3 Å². The van der Waals surface area contributed by atoms with Crippen LogP contribution in [0.4, 0.5) is 0 Å². The number of aryl methyl sites for hydroxylation is 1. The third-order valence-corrected chi connectivity index (χ3v) is 5.23. The Hall–Kier alpha value is -2.38. The topological polar surface area (TPSA) is 106 Å². The lowest BCUT2D eigenvalue weighted by Crippen LogP contribution is -2.48. The third kappa shape index (κ3) is 5.30. The van der Waals surface area contributed by atoms with Gasteiger partial charge >= 0.3 is 11.9 Å². The van der Waals surface area contributed by atoms with Gasteiger partial charge < -0.3 is 20.5 Å². The molecule has 3 rings (SSSR count). The average molecular weight is 373 g/mol. The standard InChI is InChI=1S/C20H27N3O4/c24-19(25)13-23-10-4-3-5-15(12-23)22-18(20(26)27)9-8-14-11-21-17-7-2-1-6-16(14)17/h1-2,6-7,11,15,18,21-22H,3-5,8-10,12-13H2,(H,24,25)(H,26,27)/t15-,18?/m0/s1. The molecule has 1 aromatic heterocycles. The molecule has 146 valence electrons. The number of nitrogens with one attached hydrogen (secondary N) is 2. The van der Waals surface area contributed by atoms with Crippen LogP contribution in [0.15, 0.2) is 30.5 Å². The number of aromatic amines is 1. The molecule has 0 bridgehead atoms. The molecule has 0 radical (unpaired) electrons. The fourth-order valence-electron chi connectivity index (χ4n) is 3.89. The van der Waals surface area contributed by atoms with Gasteiger partial charge in [-0.25, -0.2) is 0 Å². The zero-order chi connectivity index (χ0) is 19.2. The predicted octanol–water partition coefficient (Wildman–Crippen LogP) is 2.08. The van der Waals surface area contributed by atoms with Crippen LogP contribution in [0.25, 0.3) is 10.9 Å². The smallest absolute Gasteiger partial charge is 0.320 e. The number of aliphatic carboxylic acids is 2. The molecule has 0 saturated carbocycles. The Kier molecular flexibility index (Phi) is 6.47. The van der Waals surface area contributed by atoms with Crippen LogP contribution in [0.2, 0.25) is 0 Å². The summed E-state index contributed by atoms with van der Waals surface area (Å²) in [5.74, 6) is -1.70. The number of H-pyrrole nitrogens is 1. The van der Waals surface area contributed by atoms with Crippen molar-refractivity contribution < 1.29 is 19.8 Å². The minimum absolute atomic E-state index is 0.00378. The fourth-order valence-corrected chi connectivity index (χ4v) is 3.89. The van der Waals surface area contributed by atoms with E-state index in [-0.39, 0.29) is 12.6 Å². The first kappa shape index (κ1) is 19.4. The van der Waals surface area contributed by atoms with Gasteiger partial charge in [0.1, 0.15) is 6.04 Å². The number of carbonyl (C=O) groups is 2. The predicted molar refractivity (Wildman–Crippen MR) is 103 cm³/mol. The Morgan fingerprint density at radius 2 is 2.07 bits per heavy atom. The van der Waals surface area contributed by atoms with Gasteiger partial charge in [-0.1, -0.05) is 24.6 Å². The van der Waals surface area contributed by atoms with Crippen molar-refractivity contribution in [2.45, 2.75) is 44.2 Å². The number of hydrogen-bond donors (Lipinski definition) is 4. The Morgan fingerprint density at radius 1 is 1.26 bits per heavy atom. The zero-order valence-corrected chi connectivity index (χ0v) is 15.4. The molecule has 1 aromatic carbocycles. The molecule has 0 amide bonds. The highest BCUT2D eigenvalue weighted by molar-refractivity contribution is 5.83.